The van der Waals surface area contributed by atoms with E-state index in [-0.39, 0.29) is 11.3 Å². The molecule has 0 aliphatic carbocycles. The van der Waals surface area contributed by atoms with E-state index in [9.17, 15) is 4.79 Å². The average Bonchev–Trinajstić information content (AvgIpc) is 3.26. The van der Waals surface area contributed by atoms with Gasteiger partial charge in [-0.15, -0.1) is 11.3 Å². The zero-order valence-electron chi connectivity index (χ0n) is 13.7. The van der Waals surface area contributed by atoms with E-state index in [1.165, 1.54) is 17.8 Å². The van der Waals surface area contributed by atoms with Crippen molar-refractivity contribution in [2.24, 2.45) is 5.41 Å². The third kappa shape index (κ3) is 3.21. The van der Waals surface area contributed by atoms with Crippen LogP contribution >= 0.6 is 11.3 Å². The molecule has 1 spiro atoms. The third-order valence-corrected chi connectivity index (χ3v) is 5.98. The van der Waals surface area contributed by atoms with Crippen LogP contribution in [0.1, 0.15) is 34.6 Å². The summed E-state index contributed by atoms with van der Waals surface area (Å²) in [5.41, 5.74) is 0.956. The minimum absolute atomic E-state index is 0.122. The minimum atomic E-state index is 0.122. The van der Waals surface area contributed by atoms with Gasteiger partial charge in [-0.1, -0.05) is 0 Å². The first-order valence-electron chi connectivity index (χ1n) is 8.54. The topological polar surface area (TPSA) is 49.3 Å². The van der Waals surface area contributed by atoms with Gasteiger partial charge in [0.15, 0.2) is 0 Å². The number of amides is 1. The second-order valence-electron chi connectivity index (χ2n) is 6.96. The molecule has 2 saturated heterocycles. The Morgan fingerprint density at radius 1 is 1.25 bits per heavy atom. The molecule has 2 aromatic heterocycles. The maximum absolute atomic E-state index is 12.7. The van der Waals surface area contributed by atoms with Gasteiger partial charge in [-0.3, -0.25) is 14.7 Å². The lowest BCUT2D eigenvalue weighted by atomic mass is 9.79. The lowest BCUT2D eigenvalue weighted by Crippen LogP contribution is -2.45. The van der Waals surface area contributed by atoms with Crippen LogP contribution in [0.4, 0.5) is 0 Å². The summed E-state index contributed by atoms with van der Waals surface area (Å²) in [7, 11) is 0. The van der Waals surface area contributed by atoms with E-state index in [2.05, 4.69) is 14.9 Å². The van der Waals surface area contributed by atoms with E-state index < -0.39 is 0 Å². The molecule has 2 fully saturated rings. The molecule has 4 rings (SSSR count). The molecule has 24 heavy (non-hydrogen) atoms. The molecule has 2 aromatic rings. The average molecular weight is 342 g/mol. The first-order valence-corrected chi connectivity index (χ1v) is 9.42. The highest BCUT2D eigenvalue weighted by Crippen LogP contribution is 2.39. The van der Waals surface area contributed by atoms with E-state index in [4.69, 9.17) is 0 Å². The van der Waals surface area contributed by atoms with Gasteiger partial charge in [0, 0.05) is 49.0 Å². The van der Waals surface area contributed by atoms with Crippen molar-refractivity contribution in [2.45, 2.75) is 25.8 Å². The van der Waals surface area contributed by atoms with Crippen molar-refractivity contribution in [1.29, 1.82) is 0 Å². The molecule has 2 aliphatic heterocycles. The second kappa shape index (κ2) is 6.61. The molecule has 0 N–H and O–H groups in total. The third-order valence-electron chi connectivity index (χ3n) is 5.22. The van der Waals surface area contributed by atoms with Gasteiger partial charge in [0.25, 0.3) is 5.91 Å². The van der Waals surface area contributed by atoms with Crippen molar-refractivity contribution in [3.63, 3.8) is 0 Å². The second-order valence-corrected chi connectivity index (χ2v) is 7.94. The first-order chi connectivity index (χ1) is 11.7. The van der Waals surface area contributed by atoms with Gasteiger partial charge in [0.2, 0.25) is 0 Å². The van der Waals surface area contributed by atoms with E-state index in [1.54, 1.807) is 23.7 Å². The number of carbonyl (C=O) groups is 1. The molecule has 0 bridgehead atoms. The number of hydrogen-bond donors (Lipinski definition) is 0. The summed E-state index contributed by atoms with van der Waals surface area (Å²) in [4.78, 5) is 25.7. The number of aromatic nitrogens is 2. The Labute approximate surface area is 146 Å². The molecular weight excluding hydrogens is 320 g/mol. The number of pyridine rings is 1. The summed E-state index contributed by atoms with van der Waals surface area (Å²) in [6.45, 7) is 4.88. The SMILES string of the molecule is O=C(c1cccnc1)N1CCC2(CCCN(Cc3nccs3)C2)C1. The standard InChI is InChI=1S/C18H22N4OS/c23-17(15-3-1-6-19-11-15)22-9-5-18(14-22)4-2-8-21(13-18)12-16-20-7-10-24-16/h1,3,6-7,10-11H,2,4-5,8-9,12-14H2. The molecule has 5 nitrogen and oxygen atoms in total. The maximum atomic E-state index is 12.7. The molecule has 1 atom stereocenters. The van der Waals surface area contributed by atoms with Crippen LogP contribution in [0.15, 0.2) is 36.1 Å². The molecule has 1 amide bonds. The lowest BCUT2D eigenvalue weighted by molar-refractivity contribution is 0.0675. The molecule has 0 radical (unpaired) electrons. The highest BCUT2D eigenvalue weighted by atomic mass is 32.1. The van der Waals surface area contributed by atoms with Gasteiger partial charge in [-0.05, 0) is 37.9 Å². The van der Waals surface area contributed by atoms with Crippen LogP contribution in [0.2, 0.25) is 0 Å². The molecule has 2 aliphatic rings. The molecule has 126 valence electrons. The van der Waals surface area contributed by atoms with Crippen LogP contribution < -0.4 is 0 Å². The molecule has 0 aromatic carbocycles. The Bertz CT molecular complexity index is 690. The van der Waals surface area contributed by atoms with Gasteiger partial charge < -0.3 is 4.90 Å². The molecule has 6 heteroatoms. The molecule has 4 heterocycles. The van der Waals surface area contributed by atoms with E-state index >= 15 is 0 Å². The van der Waals surface area contributed by atoms with Gasteiger partial charge >= 0.3 is 0 Å². The van der Waals surface area contributed by atoms with Crippen molar-refractivity contribution < 1.29 is 4.79 Å². The van der Waals surface area contributed by atoms with Crippen molar-refractivity contribution in [3.05, 3.63) is 46.7 Å². The van der Waals surface area contributed by atoms with E-state index in [1.807, 2.05) is 28.6 Å². The Hall–Kier alpha value is -1.79. The summed E-state index contributed by atoms with van der Waals surface area (Å²) in [5, 5.41) is 3.23. The number of thiazole rings is 1. The number of nitrogens with zero attached hydrogens (tertiary/aromatic N) is 4. The predicted molar refractivity (Wildman–Crippen MR) is 93.8 cm³/mol. The van der Waals surface area contributed by atoms with Crippen LogP contribution in [0, 0.1) is 5.41 Å². The highest BCUT2D eigenvalue weighted by molar-refractivity contribution is 7.09. The Morgan fingerprint density at radius 2 is 2.21 bits per heavy atom. The summed E-state index contributed by atoms with van der Waals surface area (Å²) in [6.07, 6.45) is 8.79. The number of rotatable bonds is 3. The normalized spacial score (nSPS) is 24.6. The fourth-order valence-corrected chi connectivity index (χ4v) is 4.74. The fourth-order valence-electron chi connectivity index (χ4n) is 4.08. The van der Waals surface area contributed by atoms with Crippen molar-refractivity contribution >= 4 is 17.2 Å². The van der Waals surface area contributed by atoms with Crippen LogP contribution in [-0.4, -0.2) is 51.9 Å². The largest absolute Gasteiger partial charge is 0.338 e. The van der Waals surface area contributed by atoms with Crippen LogP contribution in [0.3, 0.4) is 0 Å². The lowest BCUT2D eigenvalue weighted by Gasteiger charge is -2.40. The highest BCUT2D eigenvalue weighted by Gasteiger charge is 2.42. The number of piperidine rings is 1. The Morgan fingerprint density at radius 3 is 3.00 bits per heavy atom. The molecular formula is C18H22N4OS. The van der Waals surface area contributed by atoms with Gasteiger partial charge in [-0.25, -0.2) is 4.98 Å². The molecule has 0 saturated carbocycles. The zero-order valence-corrected chi connectivity index (χ0v) is 14.5. The number of likely N-dealkylation sites (tertiary alicyclic amines) is 2. The summed E-state index contributed by atoms with van der Waals surface area (Å²) < 4.78 is 0. The van der Waals surface area contributed by atoms with Crippen LogP contribution in [-0.2, 0) is 6.54 Å². The quantitative estimate of drug-likeness (QED) is 0.860. The molecule has 1 unspecified atom stereocenters. The van der Waals surface area contributed by atoms with Crippen LogP contribution in [0.25, 0.3) is 0 Å². The minimum Gasteiger partial charge on any atom is -0.338 e. The van der Waals surface area contributed by atoms with Crippen molar-refractivity contribution in [3.8, 4) is 0 Å². The van der Waals surface area contributed by atoms with E-state index in [0.717, 1.165) is 39.1 Å². The maximum Gasteiger partial charge on any atom is 0.255 e. The summed E-state index contributed by atoms with van der Waals surface area (Å²) in [6, 6.07) is 3.69. The Balaban J connectivity index is 1.42. The first kappa shape index (κ1) is 15.7. The smallest absolute Gasteiger partial charge is 0.255 e. The fraction of sp³-hybridized carbons (Fsp3) is 0.500. The van der Waals surface area contributed by atoms with Crippen LogP contribution in [0.5, 0.6) is 0 Å². The summed E-state index contributed by atoms with van der Waals surface area (Å²) in [5.74, 6) is 0.122. The zero-order chi connectivity index (χ0) is 16.4. The monoisotopic (exact) mass is 342 g/mol. The predicted octanol–water partition coefficient (Wildman–Crippen LogP) is 2.67. The van der Waals surface area contributed by atoms with Crippen molar-refractivity contribution in [2.75, 3.05) is 26.2 Å². The van der Waals surface area contributed by atoms with E-state index in [0.29, 0.717) is 5.56 Å². The number of hydrogen-bond acceptors (Lipinski definition) is 5. The van der Waals surface area contributed by atoms with Crippen molar-refractivity contribution in [1.82, 2.24) is 19.8 Å². The van der Waals surface area contributed by atoms with Gasteiger partial charge in [0.1, 0.15) is 5.01 Å². The number of carbonyl (C=O) groups excluding carboxylic acids is 1. The Kier molecular flexibility index (Phi) is 4.33. The van der Waals surface area contributed by atoms with Gasteiger partial charge in [-0.2, -0.15) is 0 Å². The van der Waals surface area contributed by atoms with Gasteiger partial charge in [0.05, 0.1) is 12.1 Å². The summed E-state index contributed by atoms with van der Waals surface area (Å²) >= 11 is 1.73.